The molecule has 1 aromatic heterocycles. The third kappa shape index (κ3) is 2.57. The summed E-state index contributed by atoms with van der Waals surface area (Å²) < 4.78 is 25.6. The van der Waals surface area contributed by atoms with Gasteiger partial charge < -0.3 is 5.11 Å². The average molecular weight is 281 g/mol. The van der Waals surface area contributed by atoms with E-state index in [0.29, 0.717) is 0 Å². The average Bonchev–Trinajstić information content (AvgIpc) is 2.32. The normalized spacial score (nSPS) is 16.6. The number of nitrogens with zero attached hydrogens (tertiary/aromatic N) is 3. The number of aliphatic carboxylic acids is 1. The van der Waals surface area contributed by atoms with Crippen LogP contribution in [-0.2, 0) is 14.8 Å². The lowest BCUT2D eigenvalue weighted by Crippen LogP contribution is -2.50. The minimum Gasteiger partial charge on any atom is -0.481 e. The second kappa shape index (κ2) is 4.95. The molecule has 0 radical (unpaired) electrons. The standard InChI is InChI=1S/C11H11N3O4S/c12-5-9-10(2-1-3-13-9)19(17,18)14-6-8(7-14)4-11(15)16/h1-3,8H,4,6-7H2,(H,15,16). The fourth-order valence-corrected chi connectivity index (χ4v) is 3.60. The minimum absolute atomic E-state index is 0.0514. The number of pyridine rings is 1. The molecule has 1 fully saturated rings. The van der Waals surface area contributed by atoms with Gasteiger partial charge in [-0.3, -0.25) is 4.79 Å². The Kier molecular flexibility index (Phi) is 3.50. The largest absolute Gasteiger partial charge is 0.481 e. The number of carboxylic acid groups (broad SMARTS) is 1. The lowest BCUT2D eigenvalue weighted by molar-refractivity contribution is -0.139. The first-order valence-corrected chi connectivity index (χ1v) is 6.96. The van der Waals surface area contributed by atoms with Gasteiger partial charge in [-0.05, 0) is 18.1 Å². The van der Waals surface area contributed by atoms with Crippen molar-refractivity contribution in [2.45, 2.75) is 11.3 Å². The molecule has 0 aromatic carbocycles. The summed E-state index contributed by atoms with van der Waals surface area (Å²) in [5, 5.41) is 17.5. The van der Waals surface area contributed by atoms with E-state index in [0.717, 1.165) is 0 Å². The van der Waals surface area contributed by atoms with Gasteiger partial charge in [0.25, 0.3) is 0 Å². The summed E-state index contributed by atoms with van der Waals surface area (Å²) in [6.45, 7) is 0.322. The van der Waals surface area contributed by atoms with E-state index in [1.54, 1.807) is 6.07 Å². The summed E-state index contributed by atoms with van der Waals surface area (Å²) in [7, 11) is -3.76. The van der Waals surface area contributed by atoms with Crippen LogP contribution in [0.4, 0.5) is 0 Å². The Morgan fingerprint density at radius 2 is 2.26 bits per heavy atom. The van der Waals surface area contributed by atoms with Crippen molar-refractivity contribution in [2.75, 3.05) is 13.1 Å². The van der Waals surface area contributed by atoms with Crippen LogP contribution in [0.2, 0.25) is 0 Å². The van der Waals surface area contributed by atoms with Gasteiger partial charge in [-0.25, -0.2) is 13.4 Å². The monoisotopic (exact) mass is 281 g/mol. The van der Waals surface area contributed by atoms with Crippen LogP contribution >= 0.6 is 0 Å². The van der Waals surface area contributed by atoms with Crippen LogP contribution in [0.25, 0.3) is 0 Å². The maximum absolute atomic E-state index is 12.2. The van der Waals surface area contributed by atoms with E-state index in [4.69, 9.17) is 10.4 Å². The number of carbonyl (C=O) groups is 1. The van der Waals surface area contributed by atoms with Gasteiger partial charge in [0.15, 0.2) is 5.69 Å². The van der Waals surface area contributed by atoms with Gasteiger partial charge in [0.1, 0.15) is 11.0 Å². The maximum atomic E-state index is 12.2. The first kappa shape index (κ1) is 13.5. The van der Waals surface area contributed by atoms with Crippen LogP contribution < -0.4 is 0 Å². The van der Waals surface area contributed by atoms with Crippen LogP contribution in [-0.4, -0.2) is 41.9 Å². The molecule has 0 atom stereocenters. The third-order valence-electron chi connectivity index (χ3n) is 2.88. The van der Waals surface area contributed by atoms with E-state index < -0.39 is 16.0 Å². The predicted molar refractivity (Wildman–Crippen MR) is 63.5 cm³/mol. The highest BCUT2D eigenvalue weighted by atomic mass is 32.2. The Morgan fingerprint density at radius 1 is 1.58 bits per heavy atom. The molecule has 0 bridgehead atoms. The first-order chi connectivity index (χ1) is 8.95. The third-order valence-corrected chi connectivity index (χ3v) is 4.74. The molecule has 1 N–H and O–H groups in total. The molecule has 0 aliphatic carbocycles. The quantitative estimate of drug-likeness (QED) is 0.834. The summed E-state index contributed by atoms with van der Waals surface area (Å²) in [5.74, 6) is -1.12. The second-order valence-electron chi connectivity index (χ2n) is 4.25. The SMILES string of the molecule is N#Cc1ncccc1S(=O)(=O)N1CC(CC(=O)O)C1. The van der Waals surface area contributed by atoms with Crippen LogP contribution in [0, 0.1) is 17.2 Å². The van der Waals surface area contributed by atoms with Crippen LogP contribution in [0.3, 0.4) is 0 Å². The Balaban J connectivity index is 2.17. The minimum atomic E-state index is -3.76. The van der Waals surface area contributed by atoms with Crippen molar-refractivity contribution in [1.82, 2.24) is 9.29 Å². The van der Waals surface area contributed by atoms with Crippen molar-refractivity contribution in [3.8, 4) is 6.07 Å². The van der Waals surface area contributed by atoms with Crippen molar-refractivity contribution >= 4 is 16.0 Å². The number of sulfonamides is 1. The predicted octanol–water partition coefficient (Wildman–Crippen LogP) is 0.0485. The molecule has 0 saturated carbocycles. The topological polar surface area (TPSA) is 111 Å². The molecule has 2 heterocycles. The van der Waals surface area contributed by atoms with E-state index in [-0.39, 0.29) is 36.0 Å². The Morgan fingerprint density at radius 3 is 2.84 bits per heavy atom. The molecule has 1 aliphatic heterocycles. The van der Waals surface area contributed by atoms with Gasteiger partial charge in [0, 0.05) is 19.3 Å². The zero-order valence-corrected chi connectivity index (χ0v) is 10.7. The van der Waals surface area contributed by atoms with E-state index >= 15 is 0 Å². The number of rotatable bonds is 4. The summed E-state index contributed by atoms with van der Waals surface area (Å²) >= 11 is 0. The molecule has 2 rings (SSSR count). The lowest BCUT2D eigenvalue weighted by Gasteiger charge is -2.37. The fourth-order valence-electron chi connectivity index (χ4n) is 1.92. The van der Waals surface area contributed by atoms with E-state index in [1.165, 1.54) is 22.6 Å². The van der Waals surface area contributed by atoms with E-state index in [2.05, 4.69) is 4.98 Å². The molecule has 0 amide bonds. The molecule has 8 heteroatoms. The summed E-state index contributed by atoms with van der Waals surface area (Å²) in [4.78, 5) is 14.1. The lowest BCUT2D eigenvalue weighted by atomic mass is 10.00. The Bertz CT molecular complexity index is 644. The molecule has 0 unspecified atom stereocenters. The van der Waals surface area contributed by atoms with Gasteiger partial charge in [-0.2, -0.15) is 9.57 Å². The number of hydrogen-bond acceptors (Lipinski definition) is 5. The smallest absolute Gasteiger partial charge is 0.303 e. The molecule has 0 spiro atoms. The van der Waals surface area contributed by atoms with Gasteiger partial charge in [-0.15, -0.1) is 0 Å². The van der Waals surface area contributed by atoms with Crippen molar-refractivity contribution in [3.05, 3.63) is 24.0 Å². The van der Waals surface area contributed by atoms with Gasteiger partial charge in [-0.1, -0.05) is 0 Å². The molecule has 7 nitrogen and oxygen atoms in total. The molecular formula is C11H11N3O4S. The van der Waals surface area contributed by atoms with E-state index in [1.807, 2.05) is 0 Å². The number of carboxylic acids is 1. The summed E-state index contributed by atoms with van der Waals surface area (Å²) in [5.41, 5.74) is -0.149. The van der Waals surface area contributed by atoms with Crippen molar-refractivity contribution < 1.29 is 18.3 Å². The zero-order chi connectivity index (χ0) is 14.0. The van der Waals surface area contributed by atoms with Crippen molar-refractivity contribution in [2.24, 2.45) is 5.92 Å². The fraction of sp³-hybridized carbons (Fsp3) is 0.364. The van der Waals surface area contributed by atoms with E-state index in [9.17, 15) is 13.2 Å². The maximum Gasteiger partial charge on any atom is 0.303 e. The van der Waals surface area contributed by atoms with Crippen LogP contribution in [0.1, 0.15) is 12.1 Å². The molecule has 1 aliphatic rings. The first-order valence-electron chi connectivity index (χ1n) is 5.52. The highest BCUT2D eigenvalue weighted by Crippen LogP contribution is 2.27. The Hall–Kier alpha value is -1.98. The zero-order valence-electron chi connectivity index (χ0n) is 9.85. The van der Waals surface area contributed by atoms with Crippen molar-refractivity contribution in [1.29, 1.82) is 5.26 Å². The highest BCUT2D eigenvalue weighted by molar-refractivity contribution is 7.89. The Labute approximate surface area is 110 Å². The summed E-state index contributed by atoms with van der Waals surface area (Å²) in [6.07, 6.45) is 1.30. The molecule has 1 saturated heterocycles. The van der Waals surface area contributed by atoms with Gasteiger partial charge in [0.05, 0.1) is 6.42 Å². The van der Waals surface area contributed by atoms with Crippen molar-refractivity contribution in [3.63, 3.8) is 0 Å². The second-order valence-corrected chi connectivity index (χ2v) is 6.15. The van der Waals surface area contributed by atoms with Crippen LogP contribution in [0.5, 0.6) is 0 Å². The van der Waals surface area contributed by atoms with Gasteiger partial charge in [0.2, 0.25) is 10.0 Å². The number of nitriles is 1. The summed E-state index contributed by atoms with van der Waals surface area (Å²) in [6, 6.07) is 4.51. The number of aromatic nitrogens is 1. The van der Waals surface area contributed by atoms with Gasteiger partial charge >= 0.3 is 5.97 Å². The molecule has 100 valence electrons. The van der Waals surface area contributed by atoms with Crippen LogP contribution in [0.15, 0.2) is 23.2 Å². The molecule has 19 heavy (non-hydrogen) atoms. The number of hydrogen-bond donors (Lipinski definition) is 1. The molecular weight excluding hydrogens is 270 g/mol. The highest BCUT2D eigenvalue weighted by Gasteiger charge is 2.38. The molecule has 1 aromatic rings.